The number of methoxy groups -OCH3 is 1. The van der Waals surface area contributed by atoms with E-state index in [9.17, 15) is 14.7 Å². The molecule has 0 aliphatic rings. The number of hydrogen-bond donors (Lipinski definition) is 1. The van der Waals surface area contributed by atoms with Crippen molar-refractivity contribution in [3.63, 3.8) is 0 Å². The van der Waals surface area contributed by atoms with Crippen LogP contribution in [0.2, 0.25) is 0 Å². The van der Waals surface area contributed by atoms with Crippen LogP contribution in [0.5, 0.6) is 11.5 Å². The quantitative estimate of drug-likeness (QED) is 0.643. The summed E-state index contributed by atoms with van der Waals surface area (Å²) < 4.78 is 10.9. The zero-order chi connectivity index (χ0) is 17.1. The van der Waals surface area contributed by atoms with Crippen molar-refractivity contribution in [2.45, 2.75) is 27.2 Å². The summed E-state index contributed by atoms with van der Waals surface area (Å²) in [5, 5.41) is 10.7. The van der Waals surface area contributed by atoms with Crippen LogP contribution in [-0.2, 0) is 9.53 Å². The van der Waals surface area contributed by atoms with E-state index in [-0.39, 0.29) is 23.9 Å². The lowest BCUT2D eigenvalue weighted by molar-refractivity contribution is -0.147. The van der Waals surface area contributed by atoms with Crippen molar-refractivity contribution < 1.29 is 24.2 Å². The zero-order valence-electron chi connectivity index (χ0n) is 13.6. The van der Waals surface area contributed by atoms with Gasteiger partial charge < -0.3 is 14.6 Å². The highest BCUT2D eigenvalue weighted by atomic mass is 32.1. The van der Waals surface area contributed by atoms with Crippen LogP contribution in [0.15, 0.2) is 12.1 Å². The molecule has 2 rings (SSSR count). The molecule has 1 heterocycles. The van der Waals surface area contributed by atoms with Crippen LogP contribution in [0.25, 0.3) is 10.1 Å². The average molecular weight is 336 g/mol. The predicted molar refractivity (Wildman–Crippen MR) is 89.5 cm³/mol. The van der Waals surface area contributed by atoms with Crippen molar-refractivity contribution in [1.29, 1.82) is 0 Å². The van der Waals surface area contributed by atoms with E-state index in [2.05, 4.69) is 0 Å². The molecule has 0 aliphatic carbocycles. The molecule has 0 aliphatic heterocycles. The number of rotatable bonds is 6. The monoisotopic (exact) mass is 336 g/mol. The molecule has 0 saturated carbocycles. The van der Waals surface area contributed by atoms with E-state index >= 15 is 0 Å². The number of thiophene rings is 1. The summed E-state index contributed by atoms with van der Waals surface area (Å²) >= 11 is 1.34. The van der Waals surface area contributed by atoms with Gasteiger partial charge in [0, 0.05) is 22.6 Å². The Morgan fingerprint density at radius 1 is 1.35 bits per heavy atom. The number of fused-ring (bicyclic) bond motifs is 1. The van der Waals surface area contributed by atoms with Gasteiger partial charge in [0.05, 0.1) is 24.5 Å². The third-order valence-corrected chi connectivity index (χ3v) is 4.97. The maximum atomic E-state index is 12.5. The van der Waals surface area contributed by atoms with Crippen LogP contribution >= 0.6 is 11.3 Å². The number of esters is 1. The molecule has 1 N–H and O–H groups in total. The third kappa shape index (κ3) is 3.47. The Balaban J connectivity index is 2.31. The molecular formula is C17H20O5S. The van der Waals surface area contributed by atoms with Gasteiger partial charge in [0.25, 0.3) is 0 Å². The van der Waals surface area contributed by atoms with Gasteiger partial charge in [0.1, 0.15) is 0 Å². The maximum absolute atomic E-state index is 12.5. The lowest BCUT2D eigenvalue weighted by Gasteiger charge is -2.09. The minimum absolute atomic E-state index is 0.0415. The van der Waals surface area contributed by atoms with Crippen LogP contribution in [0, 0.1) is 12.8 Å². The van der Waals surface area contributed by atoms with E-state index < -0.39 is 5.92 Å². The smallest absolute Gasteiger partial charge is 0.309 e. The number of phenolic OH excluding ortho intramolecular Hbond substituents is 1. The summed E-state index contributed by atoms with van der Waals surface area (Å²) in [6.45, 7) is 5.57. The van der Waals surface area contributed by atoms with Gasteiger partial charge in [-0.05, 0) is 25.5 Å². The van der Waals surface area contributed by atoms with E-state index in [0.717, 1.165) is 15.6 Å². The van der Waals surface area contributed by atoms with E-state index in [1.165, 1.54) is 18.4 Å². The average Bonchev–Trinajstić information content (AvgIpc) is 2.83. The Hall–Kier alpha value is -2.08. The molecule has 0 spiro atoms. The molecule has 23 heavy (non-hydrogen) atoms. The van der Waals surface area contributed by atoms with Gasteiger partial charge >= 0.3 is 5.97 Å². The van der Waals surface area contributed by atoms with E-state index in [4.69, 9.17) is 9.47 Å². The van der Waals surface area contributed by atoms with Gasteiger partial charge in [-0.25, -0.2) is 0 Å². The van der Waals surface area contributed by atoms with Crippen molar-refractivity contribution >= 4 is 33.2 Å². The number of carbonyl (C=O) groups excluding carboxylic acids is 2. The SMILES string of the molecule is CCOC(=O)C(C)CC(=O)c1sc2cc(OC)c(O)cc2c1C. The van der Waals surface area contributed by atoms with Gasteiger partial charge in [-0.2, -0.15) is 0 Å². The maximum Gasteiger partial charge on any atom is 0.309 e. The number of aromatic hydroxyl groups is 1. The summed E-state index contributed by atoms with van der Waals surface area (Å²) in [5.41, 5.74) is 0.809. The van der Waals surface area contributed by atoms with Gasteiger partial charge in [-0.3, -0.25) is 9.59 Å². The highest BCUT2D eigenvalue weighted by Gasteiger charge is 2.23. The molecule has 0 bridgehead atoms. The molecule has 0 fully saturated rings. The van der Waals surface area contributed by atoms with Crippen molar-refractivity contribution in [2.24, 2.45) is 5.92 Å². The van der Waals surface area contributed by atoms with Crippen LogP contribution < -0.4 is 4.74 Å². The van der Waals surface area contributed by atoms with Crippen molar-refractivity contribution in [1.82, 2.24) is 0 Å². The first-order valence-corrected chi connectivity index (χ1v) is 8.20. The van der Waals surface area contributed by atoms with Gasteiger partial charge in [-0.15, -0.1) is 11.3 Å². The largest absolute Gasteiger partial charge is 0.504 e. The van der Waals surface area contributed by atoms with Crippen molar-refractivity contribution in [3.8, 4) is 11.5 Å². The zero-order valence-corrected chi connectivity index (χ0v) is 14.5. The first-order valence-electron chi connectivity index (χ1n) is 7.38. The number of benzene rings is 1. The highest BCUT2D eigenvalue weighted by molar-refractivity contribution is 7.21. The number of phenols is 1. The Bertz CT molecular complexity index is 747. The summed E-state index contributed by atoms with van der Waals surface area (Å²) in [6, 6.07) is 3.32. The molecule has 124 valence electrons. The summed E-state index contributed by atoms with van der Waals surface area (Å²) in [7, 11) is 1.48. The van der Waals surface area contributed by atoms with Crippen LogP contribution in [0.4, 0.5) is 0 Å². The molecule has 0 amide bonds. The van der Waals surface area contributed by atoms with Gasteiger partial charge in [0.15, 0.2) is 17.3 Å². The van der Waals surface area contributed by atoms with Crippen molar-refractivity contribution in [2.75, 3.05) is 13.7 Å². The second-order valence-electron chi connectivity index (χ2n) is 5.36. The topological polar surface area (TPSA) is 72.8 Å². The lowest BCUT2D eigenvalue weighted by atomic mass is 10.0. The van der Waals surface area contributed by atoms with E-state index in [1.807, 2.05) is 6.92 Å². The lowest BCUT2D eigenvalue weighted by Crippen LogP contribution is -2.18. The Morgan fingerprint density at radius 2 is 2.04 bits per heavy atom. The Labute approximate surface area is 138 Å². The number of Topliss-reactive ketones (excluding diaryl/α,β-unsaturated/α-hetero) is 1. The summed E-state index contributed by atoms with van der Waals surface area (Å²) in [6.07, 6.45) is 0.107. The van der Waals surface area contributed by atoms with E-state index in [0.29, 0.717) is 17.2 Å². The standard InChI is InChI=1S/C17H20O5S/c1-5-22-17(20)9(2)6-13(19)16-10(3)11-7-12(18)14(21-4)8-15(11)23-16/h7-9,18H,5-6H2,1-4H3. The molecule has 1 aromatic carbocycles. The fraction of sp³-hybridized carbons (Fsp3) is 0.412. The first kappa shape index (κ1) is 17.3. The number of aryl methyl sites for hydroxylation is 1. The molecule has 0 radical (unpaired) electrons. The Kier molecular flexibility index (Phi) is 5.26. The summed E-state index contributed by atoms with van der Waals surface area (Å²) in [5.74, 6) is -0.519. The highest BCUT2D eigenvalue weighted by Crippen LogP contribution is 2.39. The minimum atomic E-state index is -0.477. The molecule has 2 aromatic rings. The summed E-state index contributed by atoms with van der Waals surface area (Å²) in [4.78, 5) is 24.8. The van der Waals surface area contributed by atoms with Crippen molar-refractivity contribution in [3.05, 3.63) is 22.6 Å². The molecular weight excluding hydrogens is 316 g/mol. The van der Waals surface area contributed by atoms with Crippen LogP contribution in [0.3, 0.4) is 0 Å². The number of ether oxygens (including phenoxy) is 2. The van der Waals surface area contributed by atoms with Gasteiger partial charge in [-0.1, -0.05) is 6.92 Å². The fourth-order valence-corrected chi connectivity index (χ4v) is 3.57. The second kappa shape index (κ2) is 7.00. The third-order valence-electron chi connectivity index (χ3n) is 3.67. The fourth-order valence-electron chi connectivity index (χ4n) is 2.40. The van der Waals surface area contributed by atoms with E-state index in [1.54, 1.807) is 26.0 Å². The molecule has 5 nitrogen and oxygen atoms in total. The molecule has 6 heteroatoms. The number of carbonyl (C=O) groups is 2. The number of ketones is 1. The predicted octanol–water partition coefficient (Wildman–Crippen LogP) is 3.70. The molecule has 1 aromatic heterocycles. The van der Waals surface area contributed by atoms with Gasteiger partial charge in [0.2, 0.25) is 0 Å². The normalized spacial score (nSPS) is 12.2. The molecule has 1 atom stereocenters. The molecule has 1 unspecified atom stereocenters. The van der Waals surface area contributed by atoms with Crippen LogP contribution in [-0.4, -0.2) is 30.6 Å². The second-order valence-corrected chi connectivity index (χ2v) is 6.41. The minimum Gasteiger partial charge on any atom is -0.504 e. The van der Waals surface area contributed by atoms with Crippen LogP contribution in [0.1, 0.15) is 35.5 Å². The molecule has 0 saturated heterocycles. The Morgan fingerprint density at radius 3 is 2.65 bits per heavy atom. The number of hydrogen-bond acceptors (Lipinski definition) is 6. The first-order chi connectivity index (χ1) is 10.9.